The van der Waals surface area contributed by atoms with Crippen LogP contribution in [0.2, 0.25) is 0 Å². The number of hydrogen-bond donors (Lipinski definition) is 2. The Bertz CT molecular complexity index is 1370. The molecule has 9 heteroatoms. The molecular weight excluding hydrogens is 484 g/mol. The summed E-state index contributed by atoms with van der Waals surface area (Å²) in [4.78, 5) is 12.8. The summed E-state index contributed by atoms with van der Waals surface area (Å²) in [6, 6.07) is 19.3. The predicted molar refractivity (Wildman–Crippen MR) is 149 cm³/mol. The highest BCUT2D eigenvalue weighted by Crippen LogP contribution is 2.39. The van der Waals surface area contributed by atoms with Crippen LogP contribution in [0, 0.1) is 0 Å². The fraction of sp³-hybridized carbons (Fsp3) is 0.357. The number of nitrogens with one attached hydrogen (secondary N) is 1. The van der Waals surface area contributed by atoms with Crippen LogP contribution in [0.4, 0.5) is 11.6 Å². The number of nitrogens with zero attached hydrogens (tertiary/aromatic N) is 4. The molecule has 3 N–H and O–H groups in total. The number of morpholine rings is 1. The van der Waals surface area contributed by atoms with Gasteiger partial charge in [0.1, 0.15) is 0 Å². The summed E-state index contributed by atoms with van der Waals surface area (Å²) in [5.41, 5.74) is 11.7. The van der Waals surface area contributed by atoms with Crippen LogP contribution in [0.3, 0.4) is 0 Å². The fourth-order valence-corrected chi connectivity index (χ4v) is 6.41. The molecule has 37 heavy (non-hydrogen) atoms. The van der Waals surface area contributed by atoms with Crippen LogP contribution < -0.4 is 15.2 Å². The summed E-state index contributed by atoms with van der Waals surface area (Å²) in [7, 11) is 1.65. The molecule has 0 bridgehead atoms. The van der Waals surface area contributed by atoms with Gasteiger partial charge in [0.05, 0.1) is 42.3 Å². The number of nitrogen functional groups attached to an aromatic ring is 1. The maximum Gasteiger partial charge on any atom is 0.228 e. The van der Waals surface area contributed by atoms with Crippen molar-refractivity contribution in [2.75, 3.05) is 43.9 Å². The van der Waals surface area contributed by atoms with Crippen molar-refractivity contribution in [1.29, 1.82) is 0 Å². The third-order valence-electron chi connectivity index (χ3n) is 7.40. The second-order valence-corrected chi connectivity index (χ2v) is 10.4. The van der Waals surface area contributed by atoms with E-state index in [1.165, 1.54) is 24.8 Å². The zero-order valence-corrected chi connectivity index (χ0v) is 21.8. The van der Waals surface area contributed by atoms with Gasteiger partial charge in [0.15, 0.2) is 0 Å². The van der Waals surface area contributed by atoms with Gasteiger partial charge in [-0.25, -0.2) is 9.97 Å². The minimum absolute atomic E-state index is 0.313. The highest BCUT2D eigenvalue weighted by molar-refractivity contribution is 8.00. The predicted octanol–water partition coefficient (Wildman–Crippen LogP) is 5.23. The van der Waals surface area contributed by atoms with Gasteiger partial charge in [-0.05, 0) is 67.1 Å². The number of pyridine rings is 1. The Kier molecular flexibility index (Phi) is 6.91. The van der Waals surface area contributed by atoms with E-state index >= 15 is 0 Å². The molecule has 1 aliphatic carbocycles. The minimum atomic E-state index is 0.313. The number of nitrogens with two attached hydrogens (primary N) is 1. The Morgan fingerprint density at radius 3 is 2.65 bits per heavy atom. The van der Waals surface area contributed by atoms with E-state index in [-0.39, 0.29) is 0 Å². The fourth-order valence-electron chi connectivity index (χ4n) is 5.63. The lowest BCUT2D eigenvalue weighted by Crippen LogP contribution is -2.45. The molecular formula is C28H32N6O2S. The van der Waals surface area contributed by atoms with Gasteiger partial charge in [-0.3, -0.25) is 4.90 Å². The first kappa shape index (κ1) is 24.1. The molecule has 3 heterocycles. The lowest BCUT2D eigenvalue weighted by molar-refractivity contribution is 0.0100. The number of rotatable bonds is 7. The molecule has 1 saturated carbocycles. The second kappa shape index (κ2) is 10.6. The van der Waals surface area contributed by atoms with Crippen molar-refractivity contribution in [2.24, 2.45) is 0 Å². The van der Waals surface area contributed by atoms with Gasteiger partial charge in [0.25, 0.3) is 0 Å². The number of aromatic nitrogens is 3. The van der Waals surface area contributed by atoms with Crippen LogP contribution in [0.5, 0.6) is 5.88 Å². The van der Waals surface area contributed by atoms with Crippen molar-refractivity contribution in [1.82, 2.24) is 19.4 Å². The van der Waals surface area contributed by atoms with Gasteiger partial charge in [-0.1, -0.05) is 24.3 Å². The molecule has 8 nitrogen and oxygen atoms in total. The molecule has 2 aromatic heterocycles. The number of anilines is 2. The van der Waals surface area contributed by atoms with Gasteiger partial charge in [-0.2, -0.15) is 0 Å². The first-order chi connectivity index (χ1) is 18.2. The lowest BCUT2D eigenvalue weighted by atomic mass is 10.1. The highest BCUT2D eigenvalue weighted by Gasteiger charge is 2.35. The number of para-hydroxylation sites is 1. The largest absolute Gasteiger partial charge is 0.480 e. The molecule has 2 aliphatic rings. The van der Waals surface area contributed by atoms with Crippen LogP contribution in [0.1, 0.15) is 25.3 Å². The van der Waals surface area contributed by atoms with Crippen molar-refractivity contribution < 1.29 is 9.47 Å². The van der Waals surface area contributed by atoms with Crippen LogP contribution >= 0.6 is 11.9 Å². The molecule has 6 rings (SSSR count). The van der Waals surface area contributed by atoms with E-state index in [0.717, 1.165) is 65.5 Å². The zero-order valence-electron chi connectivity index (χ0n) is 21.0. The summed E-state index contributed by atoms with van der Waals surface area (Å²) >= 11 is 1.49. The Morgan fingerprint density at radius 2 is 1.84 bits per heavy atom. The molecule has 1 aliphatic heterocycles. The van der Waals surface area contributed by atoms with Crippen molar-refractivity contribution in [3.63, 3.8) is 0 Å². The van der Waals surface area contributed by atoms with Gasteiger partial charge in [0.2, 0.25) is 11.8 Å². The van der Waals surface area contributed by atoms with E-state index in [2.05, 4.69) is 43.4 Å². The molecule has 2 fully saturated rings. The van der Waals surface area contributed by atoms with Crippen molar-refractivity contribution in [2.45, 2.75) is 36.2 Å². The second-order valence-electron chi connectivity index (χ2n) is 9.56. The van der Waals surface area contributed by atoms with E-state index < -0.39 is 0 Å². The molecule has 2 unspecified atom stereocenters. The minimum Gasteiger partial charge on any atom is -0.480 e. The molecule has 0 radical (unpaired) electrons. The maximum atomic E-state index is 6.54. The number of benzene rings is 2. The van der Waals surface area contributed by atoms with Crippen molar-refractivity contribution in [3.05, 3.63) is 60.8 Å². The zero-order chi connectivity index (χ0) is 25.2. The molecule has 1 saturated heterocycles. The molecule has 0 spiro atoms. The number of hydrogen-bond acceptors (Lipinski definition) is 8. The summed E-state index contributed by atoms with van der Waals surface area (Å²) < 4.78 is 16.8. The normalized spacial score (nSPS) is 20.4. The summed E-state index contributed by atoms with van der Waals surface area (Å²) in [6.07, 6.45) is 5.35. The third kappa shape index (κ3) is 4.86. The van der Waals surface area contributed by atoms with E-state index in [1.54, 1.807) is 7.11 Å². The van der Waals surface area contributed by atoms with Crippen LogP contribution in [0.15, 0.2) is 65.7 Å². The maximum absolute atomic E-state index is 6.54. The average molecular weight is 517 g/mol. The van der Waals surface area contributed by atoms with Crippen molar-refractivity contribution >= 4 is 34.6 Å². The first-order valence-electron chi connectivity index (χ1n) is 12.8. The Balaban J connectivity index is 1.33. The van der Waals surface area contributed by atoms with E-state index in [4.69, 9.17) is 20.2 Å². The average Bonchev–Trinajstić information content (AvgIpc) is 3.55. The van der Waals surface area contributed by atoms with E-state index in [0.29, 0.717) is 23.9 Å². The Labute approximate surface area is 221 Å². The van der Waals surface area contributed by atoms with E-state index in [9.17, 15) is 0 Å². The first-order valence-corrected chi connectivity index (χ1v) is 13.6. The molecule has 2 atom stereocenters. The van der Waals surface area contributed by atoms with Gasteiger partial charge < -0.3 is 24.5 Å². The SMILES string of the molecule is COc1ncc(-c2ccc3nc(N)n(C4CCCC4N4CCOCC4)c3c2)cc1SNc1ccccc1. The molecule has 0 amide bonds. The molecule has 192 valence electrons. The third-order valence-corrected chi connectivity index (χ3v) is 8.25. The molecule has 4 aromatic rings. The van der Waals surface area contributed by atoms with Gasteiger partial charge in [0, 0.05) is 36.6 Å². The molecule has 2 aromatic carbocycles. The summed E-state index contributed by atoms with van der Waals surface area (Å²) in [5, 5.41) is 0. The summed E-state index contributed by atoms with van der Waals surface area (Å²) in [6.45, 7) is 3.57. The Hall–Kier alpha value is -3.27. The van der Waals surface area contributed by atoms with Gasteiger partial charge in [-0.15, -0.1) is 0 Å². The van der Waals surface area contributed by atoms with Crippen LogP contribution in [-0.2, 0) is 4.74 Å². The van der Waals surface area contributed by atoms with Crippen molar-refractivity contribution in [3.8, 4) is 17.0 Å². The van der Waals surface area contributed by atoms with Gasteiger partial charge >= 0.3 is 0 Å². The topological polar surface area (TPSA) is 90.5 Å². The summed E-state index contributed by atoms with van der Waals surface area (Å²) in [5.74, 6) is 1.18. The van der Waals surface area contributed by atoms with Crippen LogP contribution in [-0.4, -0.2) is 58.9 Å². The van der Waals surface area contributed by atoms with Crippen LogP contribution in [0.25, 0.3) is 22.2 Å². The quantitative estimate of drug-likeness (QED) is 0.323. The Morgan fingerprint density at radius 1 is 1.03 bits per heavy atom. The standard InChI is InChI=1S/C28H32N6O2S/c1-35-27-26(37-32-21-6-3-2-4-7-21)17-20(18-30-27)19-10-11-22-25(16-19)34(28(29)31-22)24-9-5-8-23(24)33-12-14-36-15-13-33/h2-4,6-7,10-11,16-18,23-24,32H,5,8-9,12-15H2,1H3,(H2,29,31). The monoisotopic (exact) mass is 516 g/mol. The smallest absolute Gasteiger partial charge is 0.228 e. The number of fused-ring (bicyclic) bond motifs is 1. The lowest BCUT2D eigenvalue weighted by Gasteiger charge is -2.36. The number of methoxy groups -OCH3 is 1. The number of ether oxygens (including phenoxy) is 2. The number of imidazole rings is 1. The van der Waals surface area contributed by atoms with E-state index in [1.807, 2.05) is 36.5 Å². The highest BCUT2D eigenvalue weighted by atomic mass is 32.2.